The molecule has 0 radical (unpaired) electrons. The van der Waals surface area contributed by atoms with Crippen molar-refractivity contribution in [1.82, 2.24) is 19.5 Å². The minimum absolute atomic E-state index is 0.0130. The molecular formula is C29H26F3N5O4S. The fraction of sp³-hybridized carbons (Fsp3) is 0.207. The van der Waals surface area contributed by atoms with Crippen LogP contribution in [-0.4, -0.2) is 61.3 Å². The summed E-state index contributed by atoms with van der Waals surface area (Å²) in [5, 5.41) is 3.67. The molecule has 5 rings (SSSR count). The van der Waals surface area contributed by atoms with Crippen molar-refractivity contribution in [3.63, 3.8) is 0 Å². The van der Waals surface area contributed by atoms with Crippen LogP contribution in [-0.2, 0) is 16.2 Å². The Morgan fingerprint density at radius 3 is 2.14 bits per heavy atom. The van der Waals surface area contributed by atoms with Crippen LogP contribution in [0.15, 0.2) is 83.9 Å². The van der Waals surface area contributed by atoms with Gasteiger partial charge in [0.15, 0.2) is 0 Å². The molecule has 4 aromatic rings. The highest BCUT2D eigenvalue weighted by Gasteiger charge is 2.31. The first kappa shape index (κ1) is 28.9. The van der Waals surface area contributed by atoms with Crippen LogP contribution in [0.1, 0.15) is 21.5 Å². The first-order valence-corrected chi connectivity index (χ1v) is 14.4. The number of fused-ring (bicyclic) bond motifs is 1. The quantitative estimate of drug-likeness (QED) is 0.329. The lowest BCUT2D eigenvalue weighted by Crippen LogP contribution is -2.53. The first-order valence-electron chi connectivity index (χ1n) is 12.9. The average Bonchev–Trinajstić information content (AvgIpc) is 2.97. The molecule has 9 nitrogen and oxygen atoms in total. The van der Waals surface area contributed by atoms with Gasteiger partial charge in [0.2, 0.25) is 0 Å². The van der Waals surface area contributed by atoms with E-state index in [-0.39, 0.29) is 42.5 Å². The standard InChI is InChI=1S/C29H26F3N5O4S/c1-19-2-9-23(10-3-19)42(40,41)35-28(39)37-16-14-36(15-17-37)27(38)20-4-7-22(8-5-20)34-25-12-13-33-26-18-21(29(30,31)32)6-11-24(25)26/h2-13,18H,14-17H2,1H3,(H,33,34)(H,35,39). The van der Waals surface area contributed by atoms with E-state index < -0.39 is 27.8 Å². The molecule has 3 aromatic carbocycles. The first-order chi connectivity index (χ1) is 19.9. The van der Waals surface area contributed by atoms with Crippen molar-refractivity contribution in [2.45, 2.75) is 18.0 Å². The lowest BCUT2D eigenvalue weighted by atomic mass is 10.1. The fourth-order valence-electron chi connectivity index (χ4n) is 4.54. The number of rotatable bonds is 5. The molecule has 42 heavy (non-hydrogen) atoms. The van der Waals surface area contributed by atoms with Gasteiger partial charge < -0.3 is 15.1 Å². The van der Waals surface area contributed by atoms with Gasteiger partial charge in [-0.3, -0.25) is 9.78 Å². The molecule has 0 bridgehead atoms. The predicted octanol–water partition coefficient (Wildman–Crippen LogP) is 5.16. The van der Waals surface area contributed by atoms with Crippen LogP contribution in [0.5, 0.6) is 0 Å². The summed E-state index contributed by atoms with van der Waals surface area (Å²) in [5.74, 6) is -0.247. The van der Waals surface area contributed by atoms with Crippen LogP contribution in [0.3, 0.4) is 0 Å². The van der Waals surface area contributed by atoms with Crippen molar-refractivity contribution >= 4 is 44.2 Å². The van der Waals surface area contributed by atoms with Gasteiger partial charge in [-0.1, -0.05) is 23.8 Å². The van der Waals surface area contributed by atoms with E-state index in [1.54, 1.807) is 47.4 Å². The molecule has 1 saturated heterocycles. The summed E-state index contributed by atoms with van der Waals surface area (Å²) in [5.41, 5.74) is 1.90. The Bertz CT molecular complexity index is 1740. The highest BCUT2D eigenvalue weighted by molar-refractivity contribution is 7.90. The average molecular weight is 598 g/mol. The summed E-state index contributed by atoms with van der Waals surface area (Å²) < 4.78 is 66.4. The third-order valence-corrected chi connectivity index (χ3v) is 8.22. The topological polar surface area (TPSA) is 112 Å². The van der Waals surface area contributed by atoms with Gasteiger partial charge in [0, 0.05) is 54.7 Å². The number of anilines is 2. The Kier molecular flexibility index (Phi) is 7.78. The van der Waals surface area contributed by atoms with Crippen LogP contribution in [0, 0.1) is 6.92 Å². The monoisotopic (exact) mass is 597 g/mol. The second-order valence-electron chi connectivity index (χ2n) is 9.79. The molecule has 218 valence electrons. The maximum atomic E-state index is 13.1. The summed E-state index contributed by atoms with van der Waals surface area (Å²) in [6.07, 6.45) is -3.05. The van der Waals surface area contributed by atoms with Crippen molar-refractivity contribution in [2.75, 3.05) is 31.5 Å². The zero-order valence-corrected chi connectivity index (χ0v) is 23.2. The summed E-state index contributed by atoms with van der Waals surface area (Å²) in [7, 11) is -4.02. The number of halogens is 3. The molecule has 0 saturated carbocycles. The predicted molar refractivity (Wildman–Crippen MR) is 151 cm³/mol. The number of sulfonamides is 1. The summed E-state index contributed by atoms with van der Waals surface area (Å²) in [6.45, 7) is 2.59. The van der Waals surface area contributed by atoms with Crippen LogP contribution in [0.25, 0.3) is 10.9 Å². The smallest absolute Gasteiger partial charge is 0.355 e. The van der Waals surface area contributed by atoms with E-state index >= 15 is 0 Å². The zero-order valence-electron chi connectivity index (χ0n) is 22.4. The number of carbonyl (C=O) groups is 2. The number of urea groups is 1. The molecule has 13 heteroatoms. The van der Waals surface area contributed by atoms with Crippen molar-refractivity contribution in [1.29, 1.82) is 0 Å². The van der Waals surface area contributed by atoms with E-state index in [1.165, 1.54) is 29.3 Å². The highest BCUT2D eigenvalue weighted by Crippen LogP contribution is 2.33. The van der Waals surface area contributed by atoms with E-state index in [0.717, 1.165) is 17.7 Å². The minimum Gasteiger partial charge on any atom is -0.355 e. The van der Waals surface area contributed by atoms with Gasteiger partial charge in [-0.15, -0.1) is 0 Å². The third-order valence-electron chi connectivity index (χ3n) is 6.89. The maximum Gasteiger partial charge on any atom is 0.416 e. The van der Waals surface area contributed by atoms with E-state index in [9.17, 15) is 31.2 Å². The van der Waals surface area contributed by atoms with Gasteiger partial charge >= 0.3 is 12.2 Å². The Morgan fingerprint density at radius 2 is 1.50 bits per heavy atom. The molecule has 1 aliphatic heterocycles. The molecule has 1 aromatic heterocycles. The fourth-order valence-corrected chi connectivity index (χ4v) is 5.51. The molecule has 0 aliphatic carbocycles. The molecule has 3 amide bonds. The van der Waals surface area contributed by atoms with Gasteiger partial charge in [0.05, 0.1) is 16.0 Å². The zero-order chi connectivity index (χ0) is 30.1. The van der Waals surface area contributed by atoms with Crippen molar-refractivity contribution in [3.05, 3.63) is 95.7 Å². The lowest BCUT2D eigenvalue weighted by Gasteiger charge is -2.34. The SMILES string of the molecule is Cc1ccc(S(=O)(=O)NC(=O)N2CCN(C(=O)c3ccc(Nc4ccnc5cc(C(F)(F)F)ccc45)cc3)CC2)cc1. The molecule has 0 spiro atoms. The summed E-state index contributed by atoms with van der Waals surface area (Å²) in [6, 6.07) is 17.0. The van der Waals surface area contributed by atoms with Gasteiger partial charge in [0.1, 0.15) is 0 Å². The Balaban J connectivity index is 1.18. The number of hydrogen-bond acceptors (Lipinski definition) is 6. The molecule has 0 atom stereocenters. The second-order valence-corrected chi connectivity index (χ2v) is 11.5. The number of benzene rings is 3. The number of alkyl halides is 3. The van der Waals surface area contributed by atoms with E-state index in [0.29, 0.717) is 22.3 Å². The molecule has 0 unspecified atom stereocenters. The molecule has 2 N–H and O–H groups in total. The van der Waals surface area contributed by atoms with Gasteiger partial charge in [-0.2, -0.15) is 13.2 Å². The number of aromatic nitrogens is 1. The Hall–Kier alpha value is -4.65. The van der Waals surface area contributed by atoms with Crippen LogP contribution < -0.4 is 10.0 Å². The number of nitrogens with zero attached hydrogens (tertiary/aromatic N) is 3. The summed E-state index contributed by atoms with van der Waals surface area (Å²) in [4.78, 5) is 32.6. The number of nitrogens with one attached hydrogen (secondary N) is 2. The molecule has 1 aliphatic rings. The van der Waals surface area contributed by atoms with Crippen molar-refractivity contribution < 1.29 is 31.2 Å². The van der Waals surface area contributed by atoms with Gasteiger partial charge in [-0.25, -0.2) is 17.9 Å². The second kappa shape index (κ2) is 11.3. The Morgan fingerprint density at radius 1 is 0.857 bits per heavy atom. The maximum absolute atomic E-state index is 13.1. The van der Waals surface area contributed by atoms with Crippen LogP contribution in [0.4, 0.5) is 29.3 Å². The third kappa shape index (κ3) is 6.30. The highest BCUT2D eigenvalue weighted by atomic mass is 32.2. The normalized spacial score (nSPS) is 14.1. The Labute approximate surface area is 240 Å². The van der Waals surface area contributed by atoms with Crippen molar-refractivity contribution in [3.8, 4) is 0 Å². The minimum atomic E-state index is -4.47. The number of hydrogen-bond donors (Lipinski definition) is 2. The van der Waals surface area contributed by atoms with E-state index in [1.807, 2.05) is 6.92 Å². The molecular weight excluding hydrogens is 571 g/mol. The number of piperazine rings is 1. The van der Waals surface area contributed by atoms with Gasteiger partial charge in [-0.05, 0) is 61.5 Å². The number of carbonyl (C=O) groups excluding carboxylic acids is 2. The van der Waals surface area contributed by atoms with Crippen LogP contribution in [0.2, 0.25) is 0 Å². The van der Waals surface area contributed by atoms with Crippen molar-refractivity contribution in [2.24, 2.45) is 0 Å². The number of aryl methyl sites for hydroxylation is 1. The molecule has 1 fully saturated rings. The molecule has 2 heterocycles. The largest absolute Gasteiger partial charge is 0.416 e. The van der Waals surface area contributed by atoms with E-state index in [2.05, 4.69) is 15.0 Å². The van der Waals surface area contributed by atoms with Gasteiger partial charge in [0.25, 0.3) is 15.9 Å². The van der Waals surface area contributed by atoms with E-state index in [4.69, 9.17) is 0 Å². The lowest BCUT2D eigenvalue weighted by molar-refractivity contribution is -0.137. The summed E-state index contributed by atoms with van der Waals surface area (Å²) >= 11 is 0. The van der Waals surface area contributed by atoms with Crippen LogP contribution >= 0.6 is 0 Å². The number of pyridine rings is 1. The number of amides is 3.